The van der Waals surface area contributed by atoms with Gasteiger partial charge in [-0.05, 0) is 12.0 Å². The summed E-state index contributed by atoms with van der Waals surface area (Å²) < 4.78 is 41.1. The third-order valence-electron chi connectivity index (χ3n) is 2.06. The molecular weight excluding hydrogens is 247 g/mol. The fourth-order valence-corrected chi connectivity index (χ4v) is 1.32. The summed E-state index contributed by atoms with van der Waals surface area (Å²) in [6.45, 7) is 1.00. The van der Waals surface area contributed by atoms with Crippen LogP contribution in [0.15, 0.2) is 49.1 Å². The lowest BCUT2D eigenvalue weighted by atomic mass is 10.1. The third kappa shape index (κ3) is 7.48. The Kier molecular flexibility index (Phi) is 5.42. The Morgan fingerprint density at radius 1 is 1.06 bits per heavy atom. The Morgan fingerprint density at radius 3 is 2.17 bits per heavy atom. The Hall–Kier alpha value is -1.79. The zero-order chi connectivity index (χ0) is 13.4. The summed E-state index contributed by atoms with van der Waals surface area (Å²) in [4.78, 5) is 4.00. The molecule has 0 spiro atoms. The fourth-order valence-electron chi connectivity index (χ4n) is 1.32. The van der Waals surface area contributed by atoms with Gasteiger partial charge in [0.05, 0.1) is 6.33 Å². The molecule has 1 heterocycles. The molecule has 0 aliphatic carbocycles. The molecule has 2 nitrogen and oxygen atoms in total. The number of aromatic nitrogens is 2. The number of rotatable bonds is 3. The van der Waals surface area contributed by atoms with Crippen LogP contribution in [0.25, 0.3) is 0 Å². The smallest absolute Gasteiger partial charge is 0.418 e. The van der Waals surface area contributed by atoms with E-state index >= 15 is 0 Å². The van der Waals surface area contributed by atoms with Crippen LogP contribution in [0.2, 0.25) is 0 Å². The number of hydrogen-bond donors (Lipinski definition) is 0. The minimum Gasteiger partial charge on any atom is -0.418 e. The predicted octanol–water partition coefficient (Wildman–Crippen LogP) is 3.43. The molecule has 0 saturated heterocycles. The minimum absolute atomic E-state index is 1.00. The van der Waals surface area contributed by atoms with Gasteiger partial charge in [-0.3, -0.25) is 0 Å². The highest BCUT2D eigenvalue weighted by Gasteiger charge is 2.20. The highest BCUT2D eigenvalue weighted by atomic mass is 19.5. The Bertz CT molecular complexity index is 422. The van der Waals surface area contributed by atoms with E-state index in [1.807, 2.05) is 24.8 Å². The number of hydrogen-bond acceptors (Lipinski definition) is 1. The molecule has 18 heavy (non-hydrogen) atoms. The molecule has 1 aromatic carbocycles. The van der Waals surface area contributed by atoms with Gasteiger partial charge in [-0.15, -0.1) is 0 Å². The molecule has 0 bridgehead atoms. The van der Waals surface area contributed by atoms with E-state index in [1.54, 1.807) is 0 Å². The van der Waals surface area contributed by atoms with Crippen molar-refractivity contribution in [2.45, 2.75) is 13.0 Å². The lowest BCUT2D eigenvalue weighted by Gasteiger charge is -2.01. The van der Waals surface area contributed by atoms with Crippen LogP contribution in [0.5, 0.6) is 0 Å². The highest BCUT2D eigenvalue weighted by Crippen LogP contribution is 2.06. The molecule has 2 rings (SSSR count). The maximum Gasteiger partial charge on any atom is 0.673 e. The van der Waals surface area contributed by atoms with Crippen molar-refractivity contribution in [1.29, 1.82) is 0 Å². The van der Waals surface area contributed by atoms with E-state index in [4.69, 9.17) is 0 Å². The molecule has 0 saturated carbocycles. The topological polar surface area (TPSA) is 17.8 Å². The molecule has 1 aromatic heterocycles. The highest BCUT2D eigenvalue weighted by molar-refractivity contribution is 6.50. The fraction of sp³-hybridized carbons (Fsp3) is 0.182. The van der Waals surface area contributed by atoms with Gasteiger partial charge in [-0.25, -0.2) is 4.98 Å². The summed E-state index contributed by atoms with van der Waals surface area (Å²) in [7, 11) is -6.00. The van der Waals surface area contributed by atoms with Gasteiger partial charge >= 0.3 is 7.25 Å². The van der Waals surface area contributed by atoms with Crippen LogP contribution < -0.4 is 0 Å². The Balaban J connectivity index is 0.000000280. The van der Waals surface area contributed by atoms with Crippen LogP contribution >= 0.6 is 0 Å². The van der Waals surface area contributed by atoms with E-state index < -0.39 is 7.25 Å². The van der Waals surface area contributed by atoms with Crippen LogP contribution in [0.1, 0.15) is 5.56 Å². The van der Waals surface area contributed by atoms with E-state index in [1.165, 1.54) is 5.56 Å². The maximum absolute atomic E-state index is 9.75. The van der Waals surface area contributed by atoms with Crippen molar-refractivity contribution in [3.8, 4) is 0 Å². The molecule has 0 fully saturated rings. The first-order valence-corrected chi connectivity index (χ1v) is 5.32. The zero-order valence-corrected chi connectivity index (χ0v) is 9.52. The van der Waals surface area contributed by atoms with Gasteiger partial charge in [0.15, 0.2) is 0 Å². The van der Waals surface area contributed by atoms with E-state index in [-0.39, 0.29) is 0 Å². The van der Waals surface area contributed by atoms with Gasteiger partial charge in [0.1, 0.15) is 0 Å². The Morgan fingerprint density at radius 2 is 1.67 bits per heavy atom. The lowest BCUT2D eigenvalue weighted by molar-refractivity contribution is 0.368. The average Bonchev–Trinajstić information content (AvgIpc) is 2.78. The molecule has 0 unspecified atom stereocenters. The molecule has 98 valence electrons. The van der Waals surface area contributed by atoms with Crippen LogP contribution in [0.4, 0.5) is 17.3 Å². The van der Waals surface area contributed by atoms with Crippen molar-refractivity contribution in [2.24, 2.45) is 0 Å². The zero-order valence-electron chi connectivity index (χ0n) is 9.52. The molecule has 7 heteroatoms. The Labute approximate surface area is 102 Å². The second-order valence-electron chi connectivity index (χ2n) is 3.53. The molecule has 0 amide bonds. The van der Waals surface area contributed by atoms with Crippen molar-refractivity contribution < 1.29 is 17.3 Å². The molecule has 0 atom stereocenters. The van der Waals surface area contributed by atoms with Crippen LogP contribution in [0.3, 0.4) is 0 Å². The normalized spacial score (nSPS) is 10.7. The van der Waals surface area contributed by atoms with Gasteiger partial charge in [-0.1, -0.05) is 30.3 Å². The van der Waals surface area contributed by atoms with Crippen molar-refractivity contribution in [2.75, 3.05) is 0 Å². The summed E-state index contributed by atoms with van der Waals surface area (Å²) in [5, 5.41) is 0. The number of nitrogens with zero attached hydrogens (tertiary/aromatic N) is 2. The van der Waals surface area contributed by atoms with Crippen molar-refractivity contribution in [3.63, 3.8) is 0 Å². The average molecular weight is 259 g/mol. The molecule has 0 radical (unpaired) electrons. The summed E-state index contributed by atoms with van der Waals surface area (Å²) in [6.07, 6.45) is 6.72. The molecule has 0 aliphatic rings. The van der Waals surface area contributed by atoms with Crippen molar-refractivity contribution in [3.05, 3.63) is 54.6 Å². The van der Waals surface area contributed by atoms with Gasteiger partial charge in [-0.2, -0.15) is 0 Å². The monoisotopic (exact) mass is 259 g/mol. The van der Waals surface area contributed by atoms with Crippen LogP contribution in [0, 0.1) is 0 Å². The summed E-state index contributed by atoms with van der Waals surface area (Å²) in [6, 6.07) is 10.5. The third-order valence-corrected chi connectivity index (χ3v) is 2.06. The summed E-state index contributed by atoms with van der Waals surface area (Å²) in [5.41, 5.74) is 1.37. The van der Waals surface area contributed by atoms with Crippen molar-refractivity contribution in [1.82, 2.24) is 9.55 Å². The first kappa shape index (κ1) is 14.3. The maximum atomic E-state index is 9.75. The second kappa shape index (κ2) is 6.83. The molecule has 2 aromatic rings. The van der Waals surface area contributed by atoms with Crippen LogP contribution in [-0.2, 0) is 13.0 Å². The van der Waals surface area contributed by atoms with E-state index in [2.05, 4.69) is 33.8 Å². The first-order chi connectivity index (χ1) is 8.45. The number of benzene rings is 1. The number of halogens is 4. The first-order valence-electron chi connectivity index (χ1n) is 5.32. The second-order valence-corrected chi connectivity index (χ2v) is 3.53. The van der Waals surface area contributed by atoms with Crippen molar-refractivity contribution >= 4 is 7.25 Å². The van der Waals surface area contributed by atoms with Gasteiger partial charge in [0, 0.05) is 18.9 Å². The standard InChI is InChI=1S/C11H12N2.BF4/c1-2-4-11(5-3-1)6-8-13-9-7-12-10-13;2-1(3,4)5/h1-5,7,9-10H,6,8H2;/q;-1. The van der Waals surface area contributed by atoms with E-state index in [0.717, 1.165) is 13.0 Å². The van der Waals surface area contributed by atoms with Gasteiger partial charge in [0.25, 0.3) is 0 Å². The van der Waals surface area contributed by atoms with Gasteiger partial charge in [0.2, 0.25) is 0 Å². The van der Waals surface area contributed by atoms with Crippen LogP contribution in [-0.4, -0.2) is 16.8 Å². The minimum atomic E-state index is -6.00. The predicted molar refractivity (Wildman–Crippen MR) is 62.6 cm³/mol. The SMILES string of the molecule is F[B-](F)(F)F.c1ccc(CCn2ccnc2)cc1. The number of aryl methyl sites for hydroxylation is 2. The summed E-state index contributed by atoms with van der Waals surface area (Å²) in [5.74, 6) is 0. The van der Waals surface area contributed by atoms with E-state index in [0.29, 0.717) is 0 Å². The summed E-state index contributed by atoms with van der Waals surface area (Å²) >= 11 is 0. The molecular formula is C11H12BF4N2-. The largest absolute Gasteiger partial charge is 0.673 e. The molecule has 0 aliphatic heterocycles. The lowest BCUT2D eigenvalue weighted by Crippen LogP contribution is -2.02. The van der Waals surface area contributed by atoms with Gasteiger partial charge < -0.3 is 21.8 Å². The molecule has 0 N–H and O–H groups in total. The quantitative estimate of drug-likeness (QED) is 0.610. The number of imidazole rings is 1. The van der Waals surface area contributed by atoms with E-state index in [9.17, 15) is 17.3 Å².